The highest BCUT2D eigenvalue weighted by atomic mass is 16.5. The number of hydrogen-bond acceptors (Lipinski definition) is 3. The molecule has 0 aromatic carbocycles. The van der Waals surface area contributed by atoms with Gasteiger partial charge in [-0.05, 0) is 18.8 Å². The summed E-state index contributed by atoms with van der Waals surface area (Å²) in [4.78, 5) is 26.4. The minimum Gasteiger partial charge on any atom is -0.499 e. The van der Waals surface area contributed by atoms with Crippen LogP contribution in [0.1, 0.15) is 53.4 Å². The molecule has 1 heterocycles. The van der Waals surface area contributed by atoms with Gasteiger partial charge in [-0.15, -0.1) is 0 Å². The van der Waals surface area contributed by atoms with Gasteiger partial charge in [0.2, 0.25) is 11.8 Å². The Kier molecular flexibility index (Phi) is 7.33. The summed E-state index contributed by atoms with van der Waals surface area (Å²) in [6.45, 7) is 12.0. The highest BCUT2D eigenvalue weighted by molar-refractivity contribution is 5.89. The quantitative estimate of drug-likeness (QED) is 0.747. The molecule has 1 aliphatic heterocycles. The van der Waals surface area contributed by atoms with Crippen molar-refractivity contribution in [2.75, 3.05) is 7.11 Å². The molecule has 0 saturated heterocycles. The molecular formula is C18H30N2O3. The molecular weight excluding hydrogens is 292 g/mol. The summed E-state index contributed by atoms with van der Waals surface area (Å²) in [5, 5.41) is 2.84. The molecule has 2 amide bonds. The Morgan fingerprint density at radius 1 is 1.39 bits per heavy atom. The minimum absolute atomic E-state index is 0.104. The molecule has 0 aromatic rings. The van der Waals surface area contributed by atoms with Crippen molar-refractivity contribution >= 4 is 11.8 Å². The van der Waals surface area contributed by atoms with Crippen LogP contribution in [0.25, 0.3) is 0 Å². The predicted octanol–water partition coefficient (Wildman–Crippen LogP) is 2.98. The van der Waals surface area contributed by atoms with Crippen LogP contribution in [-0.2, 0) is 14.3 Å². The van der Waals surface area contributed by atoms with Crippen molar-refractivity contribution in [3.63, 3.8) is 0 Å². The van der Waals surface area contributed by atoms with Crippen LogP contribution in [0, 0.1) is 5.92 Å². The average molecular weight is 322 g/mol. The van der Waals surface area contributed by atoms with E-state index in [1.165, 1.54) is 0 Å². The molecule has 5 heteroatoms. The number of allylic oxidation sites excluding steroid dienone is 1. The van der Waals surface area contributed by atoms with Gasteiger partial charge in [0.25, 0.3) is 0 Å². The van der Waals surface area contributed by atoms with Gasteiger partial charge in [-0.2, -0.15) is 0 Å². The van der Waals surface area contributed by atoms with Gasteiger partial charge in [0.05, 0.1) is 13.2 Å². The Balaban J connectivity index is 3.00. The molecule has 0 aliphatic carbocycles. The molecule has 1 N–H and O–H groups in total. The first-order valence-electron chi connectivity index (χ1n) is 8.42. The lowest BCUT2D eigenvalue weighted by Gasteiger charge is -2.31. The highest BCUT2D eigenvalue weighted by Gasteiger charge is 2.38. The molecule has 0 fully saturated rings. The number of rotatable bonds is 8. The third-order valence-corrected chi connectivity index (χ3v) is 3.96. The fourth-order valence-electron chi connectivity index (χ4n) is 2.83. The second-order valence-electron chi connectivity index (χ2n) is 6.36. The molecule has 0 spiro atoms. The van der Waals surface area contributed by atoms with Gasteiger partial charge in [-0.25, -0.2) is 0 Å². The zero-order valence-electron chi connectivity index (χ0n) is 15.0. The van der Waals surface area contributed by atoms with Crippen LogP contribution in [0.2, 0.25) is 0 Å². The number of amides is 2. The second-order valence-corrected chi connectivity index (χ2v) is 6.36. The van der Waals surface area contributed by atoms with Gasteiger partial charge < -0.3 is 15.0 Å². The number of nitrogens with one attached hydrogen (secondary N) is 1. The molecule has 0 unspecified atom stereocenters. The zero-order valence-corrected chi connectivity index (χ0v) is 15.0. The molecule has 0 aromatic heterocycles. The van der Waals surface area contributed by atoms with Crippen LogP contribution < -0.4 is 5.32 Å². The first-order chi connectivity index (χ1) is 10.8. The van der Waals surface area contributed by atoms with E-state index < -0.39 is 6.04 Å². The van der Waals surface area contributed by atoms with Gasteiger partial charge in [-0.1, -0.05) is 40.7 Å². The Morgan fingerprint density at radius 2 is 2.04 bits per heavy atom. The Morgan fingerprint density at radius 3 is 2.52 bits per heavy atom. The minimum atomic E-state index is -0.511. The van der Waals surface area contributed by atoms with E-state index in [4.69, 9.17) is 4.74 Å². The van der Waals surface area contributed by atoms with E-state index in [0.29, 0.717) is 24.5 Å². The Labute approximate surface area is 139 Å². The van der Waals surface area contributed by atoms with Crippen molar-refractivity contribution < 1.29 is 14.3 Å². The number of nitrogens with zero attached hydrogens (tertiary/aromatic N) is 1. The van der Waals surface area contributed by atoms with Crippen LogP contribution >= 0.6 is 0 Å². The van der Waals surface area contributed by atoms with E-state index in [2.05, 4.69) is 25.7 Å². The highest BCUT2D eigenvalue weighted by Crippen LogP contribution is 2.31. The van der Waals surface area contributed by atoms with E-state index in [1.807, 2.05) is 13.0 Å². The molecule has 2 atom stereocenters. The molecule has 0 saturated carbocycles. The summed E-state index contributed by atoms with van der Waals surface area (Å²) < 4.78 is 5.44. The largest absolute Gasteiger partial charge is 0.499 e. The SMILES string of the molecule is C=C1C=C(OC)[C@H](CC(C)C)N1C(=O)[C@@H](CCC)NC(=O)CC. The van der Waals surface area contributed by atoms with Crippen LogP contribution in [0.5, 0.6) is 0 Å². The van der Waals surface area contributed by atoms with Crippen molar-refractivity contribution in [2.45, 2.75) is 65.5 Å². The van der Waals surface area contributed by atoms with Gasteiger partial charge in [0.15, 0.2) is 0 Å². The summed E-state index contributed by atoms with van der Waals surface area (Å²) >= 11 is 0. The maximum Gasteiger partial charge on any atom is 0.250 e. The number of carbonyl (C=O) groups excluding carboxylic acids is 2. The smallest absolute Gasteiger partial charge is 0.250 e. The van der Waals surface area contributed by atoms with Crippen molar-refractivity contribution in [3.05, 3.63) is 24.1 Å². The molecule has 1 aliphatic rings. The van der Waals surface area contributed by atoms with Gasteiger partial charge in [0.1, 0.15) is 11.8 Å². The number of ether oxygens (including phenoxy) is 1. The standard InChI is InChI=1S/C18H30N2O3/c1-7-9-14(19-17(21)8-2)18(22)20-13(5)11-16(23-6)15(20)10-12(3)4/h11-12,14-15H,5,7-10H2,1-4,6H3,(H,19,21)/t14-,15+/m1/s1. The molecule has 0 radical (unpaired) electrons. The normalized spacial score (nSPS) is 18.9. The van der Waals surface area contributed by atoms with Crippen LogP contribution in [0.15, 0.2) is 24.1 Å². The van der Waals surface area contributed by atoms with E-state index in [-0.39, 0.29) is 17.9 Å². The monoisotopic (exact) mass is 322 g/mol. The average Bonchev–Trinajstić information content (AvgIpc) is 2.80. The zero-order chi connectivity index (χ0) is 17.6. The molecule has 5 nitrogen and oxygen atoms in total. The second kappa shape index (κ2) is 8.75. The lowest BCUT2D eigenvalue weighted by atomic mass is 10.0. The predicted molar refractivity (Wildman–Crippen MR) is 91.5 cm³/mol. The summed E-state index contributed by atoms with van der Waals surface area (Å²) in [7, 11) is 1.61. The summed E-state index contributed by atoms with van der Waals surface area (Å²) in [5.74, 6) is 0.957. The molecule has 23 heavy (non-hydrogen) atoms. The summed E-state index contributed by atoms with van der Waals surface area (Å²) in [5.41, 5.74) is 0.629. The third kappa shape index (κ3) is 4.85. The lowest BCUT2D eigenvalue weighted by Crippen LogP contribution is -2.50. The number of hydrogen-bond donors (Lipinski definition) is 1. The fourth-order valence-corrected chi connectivity index (χ4v) is 2.83. The van der Waals surface area contributed by atoms with Crippen molar-refractivity contribution in [2.24, 2.45) is 5.92 Å². The van der Waals surface area contributed by atoms with Crippen molar-refractivity contribution in [3.8, 4) is 0 Å². The van der Waals surface area contributed by atoms with E-state index in [9.17, 15) is 9.59 Å². The van der Waals surface area contributed by atoms with Crippen LogP contribution in [-0.4, -0.2) is 35.9 Å². The molecule has 130 valence electrons. The Bertz CT molecular complexity index is 483. The first kappa shape index (κ1) is 19.3. The van der Waals surface area contributed by atoms with Gasteiger partial charge >= 0.3 is 0 Å². The molecule has 1 rings (SSSR count). The van der Waals surface area contributed by atoms with E-state index >= 15 is 0 Å². The Hall–Kier alpha value is -1.78. The van der Waals surface area contributed by atoms with Crippen LogP contribution in [0.4, 0.5) is 0 Å². The van der Waals surface area contributed by atoms with Gasteiger partial charge in [0, 0.05) is 18.2 Å². The van der Waals surface area contributed by atoms with Crippen LogP contribution in [0.3, 0.4) is 0 Å². The fraction of sp³-hybridized carbons (Fsp3) is 0.667. The third-order valence-electron chi connectivity index (χ3n) is 3.96. The number of carbonyl (C=O) groups is 2. The van der Waals surface area contributed by atoms with Crippen molar-refractivity contribution in [1.29, 1.82) is 0 Å². The maximum absolute atomic E-state index is 13.0. The van der Waals surface area contributed by atoms with E-state index in [0.717, 1.165) is 18.6 Å². The molecule has 0 bridgehead atoms. The number of methoxy groups -OCH3 is 1. The van der Waals surface area contributed by atoms with E-state index in [1.54, 1.807) is 18.9 Å². The lowest BCUT2D eigenvalue weighted by molar-refractivity contribution is -0.136. The van der Waals surface area contributed by atoms with Crippen molar-refractivity contribution in [1.82, 2.24) is 10.2 Å². The topological polar surface area (TPSA) is 58.6 Å². The van der Waals surface area contributed by atoms with Gasteiger partial charge in [-0.3, -0.25) is 9.59 Å². The maximum atomic E-state index is 13.0. The summed E-state index contributed by atoms with van der Waals surface area (Å²) in [6, 6.07) is -0.652. The first-order valence-corrected chi connectivity index (χ1v) is 8.42. The summed E-state index contributed by atoms with van der Waals surface area (Å²) in [6.07, 6.45) is 4.41.